The lowest BCUT2D eigenvalue weighted by Gasteiger charge is -2.23. The Bertz CT molecular complexity index is 724. The summed E-state index contributed by atoms with van der Waals surface area (Å²) in [6.07, 6.45) is 2.07. The van der Waals surface area contributed by atoms with Gasteiger partial charge in [0.15, 0.2) is 5.82 Å². The van der Waals surface area contributed by atoms with Gasteiger partial charge in [0.2, 0.25) is 0 Å². The highest BCUT2D eigenvalue weighted by molar-refractivity contribution is 7.13. The van der Waals surface area contributed by atoms with E-state index >= 15 is 0 Å². The standard InChI is InChI=1S/C18H21N3O2S.ClH/c1-20(17-16(24-12-19-17)13-6-3-2-4-7-13)18(22)23-15-11-21-9-5-8-14(15)10-21;/h2-4,6-7,12,14-15H,5,8-11H2,1H3;1H. The summed E-state index contributed by atoms with van der Waals surface area (Å²) in [6.45, 7) is 3.06. The average molecular weight is 380 g/mol. The topological polar surface area (TPSA) is 45.7 Å². The van der Waals surface area contributed by atoms with Crippen LogP contribution in [0.25, 0.3) is 10.4 Å². The number of carbonyl (C=O) groups is 1. The Morgan fingerprint density at radius 2 is 2.12 bits per heavy atom. The van der Waals surface area contributed by atoms with E-state index < -0.39 is 0 Å². The van der Waals surface area contributed by atoms with Crippen LogP contribution in [-0.2, 0) is 4.74 Å². The predicted octanol–water partition coefficient (Wildman–Crippen LogP) is 3.90. The molecule has 3 atom stereocenters. The van der Waals surface area contributed by atoms with Crippen LogP contribution >= 0.6 is 23.7 Å². The quantitative estimate of drug-likeness (QED) is 0.811. The number of fused-ring (bicyclic) bond motifs is 2. The van der Waals surface area contributed by atoms with E-state index in [0.29, 0.717) is 11.7 Å². The number of nitrogens with zero attached hydrogens (tertiary/aromatic N) is 3. The number of anilines is 1. The Labute approximate surface area is 158 Å². The lowest BCUT2D eigenvalue weighted by molar-refractivity contribution is 0.0892. The Kier molecular flexibility index (Phi) is 5.61. The monoisotopic (exact) mass is 379 g/mol. The van der Waals surface area contributed by atoms with Crippen molar-refractivity contribution in [1.29, 1.82) is 0 Å². The molecule has 2 fully saturated rings. The van der Waals surface area contributed by atoms with Crippen LogP contribution in [0.1, 0.15) is 12.8 Å². The molecule has 2 bridgehead atoms. The third kappa shape index (κ3) is 3.66. The van der Waals surface area contributed by atoms with Crippen LogP contribution in [0.4, 0.5) is 10.6 Å². The highest BCUT2D eigenvalue weighted by Gasteiger charge is 2.38. The summed E-state index contributed by atoms with van der Waals surface area (Å²) in [7, 11) is 1.74. The second-order valence-corrected chi connectivity index (χ2v) is 7.37. The van der Waals surface area contributed by atoms with Crippen molar-refractivity contribution in [2.24, 2.45) is 5.92 Å². The van der Waals surface area contributed by atoms with Gasteiger partial charge in [-0.2, -0.15) is 0 Å². The van der Waals surface area contributed by atoms with Gasteiger partial charge in [0.1, 0.15) is 6.10 Å². The molecular weight excluding hydrogens is 358 g/mol. The highest BCUT2D eigenvalue weighted by Crippen LogP contribution is 2.34. The molecule has 3 unspecified atom stereocenters. The van der Waals surface area contributed by atoms with Crippen LogP contribution < -0.4 is 4.90 Å². The molecule has 2 saturated heterocycles. The maximum absolute atomic E-state index is 12.6. The van der Waals surface area contributed by atoms with Crippen molar-refractivity contribution in [3.05, 3.63) is 35.8 Å². The van der Waals surface area contributed by atoms with Crippen LogP contribution in [0, 0.1) is 5.92 Å². The number of ether oxygens (including phenoxy) is 1. The summed E-state index contributed by atoms with van der Waals surface area (Å²) in [6, 6.07) is 10.0. The number of carbonyl (C=O) groups excluding carboxylic acids is 1. The lowest BCUT2D eigenvalue weighted by atomic mass is 9.99. The van der Waals surface area contributed by atoms with Crippen LogP contribution in [0.15, 0.2) is 35.8 Å². The molecule has 0 spiro atoms. The number of piperidine rings is 1. The van der Waals surface area contributed by atoms with Gasteiger partial charge >= 0.3 is 6.09 Å². The van der Waals surface area contributed by atoms with E-state index in [0.717, 1.165) is 36.5 Å². The normalized spacial score (nSPS) is 24.4. The van der Waals surface area contributed by atoms with Gasteiger partial charge in [-0.3, -0.25) is 9.80 Å². The first kappa shape index (κ1) is 18.2. The molecule has 0 saturated carbocycles. The number of hydrogen-bond acceptors (Lipinski definition) is 5. The summed E-state index contributed by atoms with van der Waals surface area (Å²) in [5.41, 5.74) is 2.84. The number of benzene rings is 1. The molecule has 4 rings (SSSR count). The van der Waals surface area contributed by atoms with E-state index in [2.05, 4.69) is 9.88 Å². The van der Waals surface area contributed by atoms with Crippen molar-refractivity contribution >= 4 is 35.7 Å². The first-order valence-electron chi connectivity index (χ1n) is 8.38. The molecule has 2 aromatic rings. The molecule has 3 heterocycles. The van der Waals surface area contributed by atoms with Gasteiger partial charge in [-0.05, 0) is 24.9 Å². The van der Waals surface area contributed by atoms with Gasteiger partial charge in [-0.1, -0.05) is 30.3 Å². The van der Waals surface area contributed by atoms with Gasteiger partial charge in [0, 0.05) is 26.1 Å². The van der Waals surface area contributed by atoms with E-state index in [9.17, 15) is 4.79 Å². The fourth-order valence-corrected chi connectivity index (χ4v) is 4.48. The summed E-state index contributed by atoms with van der Waals surface area (Å²) in [5, 5.41) is 0. The van der Waals surface area contributed by atoms with Gasteiger partial charge in [0.05, 0.1) is 10.4 Å². The van der Waals surface area contributed by atoms with Gasteiger partial charge in [0.25, 0.3) is 0 Å². The van der Waals surface area contributed by atoms with Crippen molar-refractivity contribution in [3.8, 4) is 10.4 Å². The minimum Gasteiger partial charge on any atom is -0.444 e. The van der Waals surface area contributed by atoms with E-state index in [1.165, 1.54) is 22.7 Å². The summed E-state index contributed by atoms with van der Waals surface area (Å²) in [5.74, 6) is 1.15. The minimum absolute atomic E-state index is 0. The number of halogens is 1. The summed E-state index contributed by atoms with van der Waals surface area (Å²) in [4.78, 5) is 21.9. The van der Waals surface area contributed by atoms with E-state index in [1.807, 2.05) is 30.3 Å². The summed E-state index contributed by atoms with van der Waals surface area (Å²) < 4.78 is 5.81. The molecule has 134 valence electrons. The van der Waals surface area contributed by atoms with Crippen LogP contribution in [-0.4, -0.2) is 48.8 Å². The Balaban J connectivity index is 0.00000182. The molecule has 1 aromatic carbocycles. The largest absolute Gasteiger partial charge is 0.444 e. The Hall–Kier alpha value is -1.63. The maximum atomic E-state index is 12.6. The molecule has 1 amide bonds. The highest BCUT2D eigenvalue weighted by atomic mass is 35.5. The maximum Gasteiger partial charge on any atom is 0.415 e. The Morgan fingerprint density at radius 1 is 1.32 bits per heavy atom. The van der Waals surface area contributed by atoms with Crippen LogP contribution in [0.2, 0.25) is 0 Å². The smallest absolute Gasteiger partial charge is 0.415 e. The second kappa shape index (κ2) is 7.72. The zero-order valence-corrected chi connectivity index (χ0v) is 15.8. The fourth-order valence-electron chi connectivity index (χ4n) is 3.66. The molecule has 5 nitrogen and oxygen atoms in total. The molecule has 0 aliphatic carbocycles. The molecule has 25 heavy (non-hydrogen) atoms. The summed E-state index contributed by atoms with van der Waals surface area (Å²) >= 11 is 1.54. The molecule has 2 aliphatic rings. The van der Waals surface area contributed by atoms with Crippen molar-refractivity contribution in [3.63, 3.8) is 0 Å². The SMILES string of the molecule is CN(C(=O)OC1CN2CCCC1C2)c1ncsc1-c1ccccc1.Cl. The van der Waals surface area contributed by atoms with Gasteiger partial charge < -0.3 is 4.74 Å². The fraction of sp³-hybridized carbons (Fsp3) is 0.444. The van der Waals surface area contributed by atoms with E-state index in [4.69, 9.17) is 4.74 Å². The molecule has 0 N–H and O–H groups in total. The number of amides is 1. The number of hydrogen-bond donors (Lipinski definition) is 0. The predicted molar refractivity (Wildman–Crippen MR) is 103 cm³/mol. The first-order valence-corrected chi connectivity index (χ1v) is 9.26. The lowest BCUT2D eigenvalue weighted by Crippen LogP contribution is -2.34. The zero-order valence-electron chi connectivity index (χ0n) is 14.1. The minimum atomic E-state index is -0.308. The zero-order chi connectivity index (χ0) is 16.5. The number of thiazole rings is 1. The number of rotatable bonds is 3. The second-order valence-electron chi connectivity index (χ2n) is 6.51. The molecule has 0 radical (unpaired) electrons. The van der Waals surface area contributed by atoms with Gasteiger partial charge in [-0.15, -0.1) is 23.7 Å². The van der Waals surface area contributed by atoms with Crippen molar-refractivity contribution in [1.82, 2.24) is 9.88 Å². The third-order valence-corrected chi connectivity index (χ3v) is 5.80. The van der Waals surface area contributed by atoms with Crippen molar-refractivity contribution in [2.75, 3.05) is 31.6 Å². The molecular formula is C18H22ClN3O2S. The van der Waals surface area contributed by atoms with Crippen molar-refractivity contribution in [2.45, 2.75) is 18.9 Å². The van der Waals surface area contributed by atoms with Crippen LogP contribution in [0.3, 0.4) is 0 Å². The first-order chi connectivity index (χ1) is 11.7. The van der Waals surface area contributed by atoms with E-state index in [-0.39, 0.29) is 24.6 Å². The van der Waals surface area contributed by atoms with Crippen LogP contribution in [0.5, 0.6) is 0 Å². The average Bonchev–Trinajstić information content (AvgIpc) is 3.20. The molecule has 1 aromatic heterocycles. The molecule has 7 heteroatoms. The van der Waals surface area contributed by atoms with Gasteiger partial charge in [-0.25, -0.2) is 9.78 Å². The third-order valence-electron chi connectivity index (χ3n) is 4.93. The van der Waals surface area contributed by atoms with Crippen molar-refractivity contribution < 1.29 is 9.53 Å². The van der Waals surface area contributed by atoms with E-state index in [1.54, 1.807) is 12.6 Å². The molecule has 2 aliphatic heterocycles. The number of aromatic nitrogens is 1. The Morgan fingerprint density at radius 3 is 2.88 bits per heavy atom.